The average molecular weight is 250 g/mol. The largest absolute Gasteiger partial charge is 0.369 e. The Balaban J connectivity index is 2.20. The quantitative estimate of drug-likeness (QED) is 0.823. The van der Waals surface area contributed by atoms with Crippen LogP contribution < -0.4 is 10.6 Å². The van der Waals surface area contributed by atoms with E-state index in [4.69, 9.17) is 5.73 Å². The topological polar surface area (TPSA) is 63.4 Å². The van der Waals surface area contributed by atoms with Crippen molar-refractivity contribution in [2.24, 2.45) is 11.7 Å². The Labute approximate surface area is 105 Å². The van der Waals surface area contributed by atoms with Crippen molar-refractivity contribution in [3.05, 3.63) is 29.6 Å². The first kappa shape index (κ1) is 12.5. The highest BCUT2D eigenvalue weighted by molar-refractivity contribution is 5.78. The fraction of sp³-hybridized carbons (Fsp3) is 0.385. The number of nitrogens with two attached hydrogens (primary N) is 1. The highest BCUT2D eigenvalue weighted by atomic mass is 19.1. The van der Waals surface area contributed by atoms with Gasteiger partial charge in [0.05, 0.1) is 11.6 Å². The molecule has 1 unspecified atom stereocenters. The lowest BCUT2D eigenvalue weighted by Gasteiger charge is -2.33. The van der Waals surface area contributed by atoms with E-state index >= 15 is 0 Å². The van der Waals surface area contributed by atoms with Gasteiger partial charge < -0.3 is 10.6 Å². The second-order valence-corrected chi connectivity index (χ2v) is 4.52. The lowest BCUT2D eigenvalue weighted by molar-refractivity contribution is -0.122. The number of nitrogens with zero attached hydrogens (tertiary/aromatic N) is 1. The van der Waals surface area contributed by atoms with Crippen LogP contribution in [0.1, 0.15) is 23.2 Å². The zero-order valence-electron chi connectivity index (χ0n) is 9.93. The van der Waals surface area contributed by atoms with Gasteiger partial charge in [0, 0.05) is 18.7 Å². The first-order valence-corrected chi connectivity index (χ1v) is 5.91. The molecular formula is C13H15FN2O2. The van der Waals surface area contributed by atoms with Gasteiger partial charge in [0.2, 0.25) is 5.91 Å². The van der Waals surface area contributed by atoms with Gasteiger partial charge in [0.15, 0.2) is 0 Å². The van der Waals surface area contributed by atoms with Crippen LogP contribution >= 0.6 is 0 Å². The monoisotopic (exact) mass is 250 g/mol. The van der Waals surface area contributed by atoms with Crippen molar-refractivity contribution < 1.29 is 14.0 Å². The van der Waals surface area contributed by atoms with Crippen molar-refractivity contribution in [1.82, 2.24) is 0 Å². The molecule has 1 fully saturated rings. The minimum atomic E-state index is -0.440. The molecular weight excluding hydrogens is 235 g/mol. The van der Waals surface area contributed by atoms with Gasteiger partial charge in [-0.3, -0.25) is 9.59 Å². The Hall–Kier alpha value is -1.91. The summed E-state index contributed by atoms with van der Waals surface area (Å²) < 4.78 is 13.8. The van der Waals surface area contributed by atoms with E-state index in [1.807, 2.05) is 4.90 Å². The first-order valence-electron chi connectivity index (χ1n) is 5.91. The van der Waals surface area contributed by atoms with Gasteiger partial charge in [-0.05, 0) is 31.0 Å². The van der Waals surface area contributed by atoms with E-state index in [-0.39, 0.29) is 11.8 Å². The molecule has 1 amide bonds. The molecule has 5 heteroatoms. The fourth-order valence-electron chi connectivity index (χ4n) is 2.28. The van der Waals surface area contributed by atoms with Crippen LogP contribution in [0.5, 0.6) is 0 Å². The average Bonchev–Trinajstić information content (AvgIpc) is 2.38. The highest BCUT2D eigenvalue weighted by Crippen LogP contribution is 2.26. The second kappa shape index (κ2) is 5.16. The zero-order chi connectivity index (χ0) is 13.1. The summed E-state index contributed by atoms with van der Waals surface area (Å²) in [7, 11) is 0. The number of hydrogen-bond acceptors (Lipinski definition) is 3. The molecule has 0 aromatic heterocycles. The number of carbonyl (C=O) groups excluding carboxylic acids is 2. The molecule has 2 rings (SSSR count). The molecule has 1 atom stereocenters. The molecule has 18 heavy (non-hydrogen) atoms. The third-order valence-electron chi connectivity index (χ3n) is 3.27. The van der Waals surface area contributed by atoms with Crippen LogP contribution in [0.25, 0.3) is 0 Å². The van der Waals surface area contributed by atoms with Crippen LogP contribution in [0.4, 0.5) is 10.1 Å². The SMILES string of the molecule is NC(=O)C1CCCN(c2ccc(C=O)cc2F)C1. The molecule has 2 N–H and O–H groups in total. The molecule has 0 spiro atoms. The number of hydrogen-bond donors (Lipinski definition) is 1. The third-order valence-corrected chi connectivity index (χ3v) is 3.27. The van der Waals surface area contributed by atoms with Crippen LogP contribution in [0.3, 0.4) is 0 Å². The van der Waals surface area contributed by atoms with Crippen LogP contribution in [-0.4, -0.2) is 25.3 Å². The number of piperidine rings is 1. The molecule has 4 nitrogen and oxygen atoms in total. The van der Waals surface area contributed by atoms with E-state index in [1.54, 1.807) is 12.1 Å². The fourth-order valence-corrected chi connectivity index (χ4v) is 2.28. The van der Waals surface area contributed by atoms with Gasteiger partial charge in [0.25, 0.3) is 0 Å². The molecule has 1 aromatic carbocycles. The standard InChI is InChI=1S/C13H15FN2O2/c14-11-6-9(8-17)3-4-12(11)16-5-1-2-10(7-16)13(15)18/h3-4,6,8,10H,1-2,5,7H2,(H2,15,18). The smallest absolute Gasteiger partial charge is 0.222 e. The minimum Gasteiger partial charge on any atom is -0.369 e. The van der Waals surface area contributed by atoms with Gasteiger partial charge in [-0.25, -0.2) is 4.39 Å². The molecule has 0 saturated carbocycles. The van der Waals surface area contributed by atoms with E-state index in [9.17, 15) is 14.0 Å². The van der Waals surface area contributed by atoms with Crippen molar-refractivity contribution in [3.8, 4) is 0 Å². The maximum absolute atomic E-state index is 13.8. The Morgan fingerprint density at radius 2 is 2.28 bits per heavy atom. The van der Waals surface area contributed by atoms with Crippen molar-refractivity contribution in [2.75, 3.05) is 18.0 Å². The van der Waals surface area contributed by atoms with Crippen molar-refractivity contribution >= 4 is 17.9 Å². The first-order chi connectivity index (χ1) is 8.61. The lowest BCUT2D eigenvalue weighted by Crippen LogP contribution is -2.41. The molecule has 96 valence electrons. The summed E-state index contributed by atoms with van der Waals surface area (Å²) in [6.45, 7) is 1.13. The number of anilines is 1. The summed E-state index contributed by atoms with van der Waals surface area (Å²) in [5.41, 5.74) is 6.01. The van der Waals surface area contributed by atoms with E-state index in [0.29, 0.717) is 30.6 Å². The van der Waals surface area contributed by atoms with E-state index in [2.05, 4.69) is 0 Å². The maximum Gasteiger partial charge on any atom is 0.222 e. The van der Waals surface area contributed by atoms with E-state index in [0.717, 1.165) is 12.8 Å². The third kappa shape index (κ3) is 2.50. The van der Waals surface area contributed by atoms with Crippen LogP contribution in [-0.2, 0) is 4.79 Å². The molecule has 0 bridgehead atoms. The van der Waals surface area contributed by atoms with Crippen molar-refractivity contribution in [2.45, 2.75) is 12.8 Å². The number of halogens is 1. The van der Waals surface area contributed by atoms with Crippen LogP contribution in [0.15, 0.2) is 18.2 Å². The number of carbonyl (C=O) groups is 2. The summed E-state index contributed by atoms with van der Waals surface area (Å²) in [6, 6.07) is 4.35. The van der Waals surface area contributed by atoms with Gasteiger partial charge in [-0.1, -0.05) is 0 Å². The van der Waals surface area contributed by atoms with Crippen molar-refractivity contribution in [3.63, 3.8) is 0 Å². The predicted octanol–water partition coefficient (Wildman–Crippen LogP) is 1.34. The molecule has 1 heterocycles. The van der Waals surface area contributed by atoms with Gasteiger partial charge in [-0.15, -0.1) is 0 Å². The summed E-state index contributed by atoms with van der Waals surface area (Å²) in [4.78, 5) is 23.5. The van der Waals surface area contributed by atoms with Crippen molar-refractivity contribution in [1.29, 1.82) is 0 Å². The Morgan fingerprint density at radius 1 is 1.50 bits per heavy atom. The van der Waals surface area contributed by atoms with Gasteiger partial charge >= 0.3 is 0 Å². The number of amides is 1. The predicted molar refractivity (Wildman–Crippen MR) is 65.9 cm³/mol. The van der Waals surface area contributed by atoms with Gasteiger partial charge in [0.1, 0.15) is 12.1 Å². The minimum absolute atomic E-state index is 0.233. The summed E-state index contributed by atoms with van der Waals surface area (Å²) in [5, 5.41) is 0. The Bertz CT molecular complexity index is 476. The highest BCUT2D eigenvalue weighted by Gasteiger charge is 2.25. The Kier molecular flexibility index (Phi) is 3.60. The number of benzene rings is 1. The van der Waals surface area contributed by atoms with E-state index in [1.165, 1.54) is 6.07 Å². The molecule has 1 saturated heterocycles. The number of rotatable bonds is 3. The molecule has 0 aliphatic carbocycles. The number of primary amides is 1. The van der Waals surface area contributed by atoms with E-state index < -0.39 is 5.82 Å². The maximum atomic E-state index is 13.8. The summed E-state index contributed by atoms with van der Waals surface area (Å²) in [5.74, 6) is -1.02. The molecule has 1 aromatic rings. The lowest BCUT2D eigenvalue weighted by atomic mass is 9.97. The number of aldehydes is 1. The summed E-state index contributed by atoms with van der Waals surface area (Å²) in [6.07, 6.45) is 2.16. The second-order valence-electron chi connectivity index (χ2n) is 4.52. The normalized spacial score (nSPS) is 19.6. The van der Waals surface area contributed by atoms with Crippen LogP contribution in [0, 0.1) is 11.7 Å². The molecule has 1 aliphatic rings. The Morgan fingerprint density at radius 3 is 2.89 bits per heavy atom. The van der Waals surface area contributed by atoms with Crippen LogP contribution in [0.2, 0.25) is 0 Å². The molecule has 0 radical (unpaired) electrons. The zero-order valence-corrected chi connectivity index (χ0v) is 9.93. The van der Waals surface area contributed by atoms with Gasteiger partial charge in [-0.2, -0.15) is 0 Å². The molecule has 1 aliphatic heterocycles. The summed E-state index contributed by atoms with van der Waals surface area (Å²) >= 11 is 0.